The van der Waals surface area contributed by atoms with E-state index in [9.17, 15) is 0 Å². The third-order valence-electron chi connectivity index (χ3n) is 3.24. The van der Waals surface area contributed by atoms with Gasteiger partial charge in [-0.05, 0) is 37.8 Å². The monoisotopic (exact) mass is 184 g/mol. The van der Waals surface area contributed by atoms with Gasteiger partial charge >= 0.3 is 0 Å². The second-order valence-corrected chi connectivity index (χ2v) is 4.38. The highest BCUT2D eigenvalue weighted by Gasteiger charge is 2.25. The number of nitrogens with two attached hydrogens (primary N) is 1. The van der Waals surface area contributed by atoms with Crippen molar-refractivity contribution < 1.29 is 4.74 Å². The van der Waals surface area contributed by atoms with E-state index in [0.29, 0.717) is 0 Å². The Morgan fingerprint density at radius 3 is 2.85 bits per heavy atom. The molecule has 2 saturated heterocycles. The Labute approximate surface area is 80.2 Å². The molecule has 2 unspecified atom stereocenters. The van der Waals surface area contributed by atoms with Crippen molar-refractivity contribution in [1.82, 2.24) is 4.90 Å². The summed E-state index contributed by atoms with van der Waals surface area (Å²) >= 11 is 0. The van der Waals surface area contributed by atoms with Crippen molar-refractivity contribution in [3.8, 4) is 0 Å². The molecule has 0 aliphatic carbocycles. The van der Waals surface area contributed by atoms with Crippen LogP contribution in [0.3, 0.4) is 0 Å². The summed E-state index contributed by atoms with van der Waals surface area (Å²) in [5.41, 5.74) is 5.65. The Balaban J connectivity index is 1.70. The van der Waals surface area contributed by atoms with Crippen LogP contribution in [0.15, 0.2) is 0 Å². The third-order valence-corrected chi connectivity index (χ3v) is 3.24. The van der Waals surface area contributed by atoms with Gasteiger partial charge in [0.1, 0.15) is 0 Å². The first-order chi connectivity index (χ1) is 6.38. The number of nitrogens with zero attached hydrogens (tertiary/aromatic N) is 1. The van der Waals surface area contributed by atoms with Gasteiger partial charge in [0.2, 0.25) is 0 Å². The Kier molecular flexibility index (Phi) is 3.19. The molecule has 0 aromatic rings. The SMILES string of the molecule is NCC1CCN(CC2CCOC2)C1. The summed E-state index contributed by atoms with van der Waals surface area (Å²) in [6.07, 6.45) is 2.55. The first-order valence-corrected chi connectivity index (χ1v) is 5.38. The van der Waals surface area contributed by atoms with Crippen molar-refractivity contribution in [2.24, 2.45) is 17.6 Å². The molecule has 2 fully saturated rings. The van der Waals surface area contributed by atoms with Crippen molar-refractivity contribution in [1.29, 1.82) is 0 Å². The maximum absolute atomic E-state index is 5.65. The Morgan fingerprint density at radius 1 is 1.31 bits per heavy atom. The van der Waals surface area contributed by atoms with Crippen LogP contribution >= 0.6 is 0 Å². The lowest BCUT2D eigenvalue weighted by Gasteiger charge is -2.18. The summed E-state index contributed by atoms with van der Waals surface area (Å²) in [4.78, 5) is 2.55. The minimum atomic E-state index is 0.752. The lowest BCUT2D eigenvalue weighted by molar-refractivity contribution is 0.173. The van der Waals surface area contributed by atoms with E-state index in [4.69, 9.17) is 10.5 Å². The van der Waals surface area contributed by atoms with Gasteiger partial charge in [-0.1, -0.05) is 0 Å². The lowest BCUT2D eigenvalue weighted by Crippen LogP contribution is -2.28. The zero-order valence-corrected chi connectivity index (χ0v) is 8.24. The smallest absolute Gasteiger partial charge is 0.0507 e. The number of hydrogen-bond donors (Lipinski definition) is 1. The average molecular weight is 184 g/mol. The molecule has 2 aliphatic heterocycles. The summed E-state index contributed by atoms with van der Waals surface area (Å²) < 4.78 is 5.37. The molecular weight excluding hydrogens is 164 g/mol. The van der Waals surface area contributed by atoms with Gasteiger partial charge in [0, 0.05) is 19.7 Å². The fourth-order valence-corrected chi connectivity index (χ4v) is 2.36. The van der Waals surface area contributed by atoms with Crippen molar-refractivity contribution in [3.63, 3.8) is 0 Å². The fraction of sp³-hybridized carbons (Fsp3) is 1.00. The standard InChI is InChI=1S/C10H20N2O/c11-5-9-1-3-12(6-9)7-10-2-4-13-8-10/h9-10H,1-8,11H2. The number of likely N-dealkylation sites (tertiary alicyclic amines) is 1. The summed E-state index contributed by atoms with van der Waals surface area (Å²) in [5.74, 6) is 1.54. The molecule has 0 aromatic heterocycles. The van der Waals surface area contributed by atoms with Crippen molar-refractivity contribution in [2.45, 2.75) is 12.8 Å². The molecule has 2 rings (SSSR count). The third kappa shape index (κ3) is 2.42. The summed E-state index contributed by atoms with van der Waals surface area (Å²) in [6, 6.07) is 0. The van der Waals surface area contributed by atoms with E-state index in [2.05, 4.69) is 4.90 Å². The van der Waals surface area contributed by atoms with Crippen LogP contribution in [-0.2, 0) is 4.74 Å². The zero-order chi connectivity index (χ0) is 9.10. The second kappa shape index (κ2) is 4.40. The molecule has 2 atom stereocenters. The van der Waals surface area contributed by atoms with Gasteiger partial charge in [-0.3, -0.25) is 0 Å². The normalized spacial score (nSPS) is 35.8. The van der Waals surface area contributed by atoms with Crippen LogP contribution in [0, 0.1) is 11.8 Å². The molecule has 2 N–H and O–H groups in total. The largest absolute Gasteiger partial charge is 0.381 e. The molecule has 76 valence electrons. The molecule has 0 amide bonds. The van der Waals surface area contributed by atoms with Crippen LogP contribution in [0.4, 0.5) is 0 Å². The maximum Gasteiger partial charge on any atom is 0.0507 e. The van der Waals surface area contributed by atoms with Crippen LogP contribution in [0.2, 0.25) is 0 Å². The van der Waals surface area contributed by atoms with Crippen LogP contribution < -0.4 is 5.73 Å². The number of rotatable bonds is 3. The van der Waals surface area contributed by atoms with Crippen LogP contribution in [0.25, 0.3) is 0 Å². The quantitative estimate of drug-likeness (QED) is 0.686. The Morgan fingerprint density at radius 2 is 2.23 bits per heavy atom. The summed E-state index contributed by atoms with van der Waals surface area (Å²) in [7, 11) is 0. The molecule has 3 heteroatoms. The van der Waals surface area contributed by atoms with Gasteiger partial charge in [-0.25, -0.2) is 0 Å². The van der Waals surface area contributed by atoms with E-state index < -0.39 is 0 Å². The van der Waals surface area contributed by atoms with Crippen LogP contribution in [-0.4, -0.2) is 44.3 Å². The van der Waals surface area contributed by atoms with E-state index in [1.54, 1.807) is 0 Å². The highest BCUT2D eigenvalue weighted by atomic mass is 16.5. The Bertz CT molecular complexity index is 157. The molecule has 0 saturated carbocycles. The van der Waals surface area contributed by atoms with Gasteiger partial charge in [0.15, 0.2) is 0 Å². The molecule has 0 bridgehead atoms. The molecule has 2 heterocycles. The highest BCUT2D eigenvalue weighted by molar-refractivity contribution is 4.79. The minimum absolute atomic E-state index is 0.752. The molecule has 0 aromatic carbocycles. The van der Waals surface area contributed by atoms with Gasteiger partial charge in [-0.15, -0.1) is 0 Å². The van der Waals surface area contributed by atoms with E-state index in [1.165, 1.54) is 32.5 Å². The van der Waals surface area contributed by atoms with Gasteiger partial charge in [-0.2, -0.15) is 0 Å². The van der Waals surface area contributed by atoms with Crippen LogP contribution in [0.5, 0.6) is 0 Å². The van der Waals surface area contributed by atoms with Crippen LogP contribution in [0.1, 0.15) is 12.8 Å². The molecule has 13 heavy (non-hydrogen) atoms. The summed E-state index contributed by atoms with van der Waals surface area (Å²) in [6.45, 7) is 6.50. The number of ether oxygens (including phenoxy) is 1. The Hall–Kier alpha value is -0.120. The topological polar surface area (TPSA) is 38.5 Å². The van der Waals surface area contributed by atoms with E-state index in [-0.39, 0.29) is 0 Å². The van der Waals surface area contributed by atoms with Crippen molar-refractivity contribution in [3.05, 3.63) is 0 Å². The minimum Gasteiger partial charge on any atom is -0.381 e. The van der Waals surface area contributed by atoms with Gasteiger partial charge in [0.25, 0.3) is 0 Å². The van der Waals surface area contributed by atoms with E-state index >= 15 is 0 Å². The summed E-state index contributed by atoms with van der Waals surface area (Å²) in [5, 5.41) is 0. The maximum atomic E-state index is 5.65. The van der Waals surface area contributed by atoms with Crippen molar-refractivity contribution in [2.75, 3.05) is 39.4 Å². The van der Waals surface area contributed by atoms with E-state index in [0.717, 1.165) is 31.6 Å². The predicted octanol–water partition coefficient (Wildman–Crippen LogP) is 0.304. The lowest BCUT2D eigenvalue weighted by atomic mass is 10.1. The second-order valence-electron chi connectivity index (χ2n) is 4.38. The first-order valence-electron chi connectivity index (χ1n) is 5.38. The number of hydrogen-bond acceptors (Lipinski definition) is 3. The predicted molar refractivity (Wildman–Crippen MR) is 52.5 cm³/mol. The molecule has 3 nitrogen and oxygen atoms in total. The molecule has 2 aliphatic rings. The molecular formula is C10H20N2O. The highest BCUT2D eigenvalue weighted by Crippen LogP contribution is 2.19. The van der Waals surface area contributed by atoms with E-state index in [1.807, 2.05) is 0 Å². The van der Waals surface area contributed by atoms with Gasteiger partial charge in [0.05, 0.1) is 6.61 Å². The van der Waals surface area contributed by atoms with Crippen molar-refractivity contribution >= 4 is 0 Å². The molecule has 0 radical (unpaired) electrons. The molecule has 0 spiro atoms. The first kappa shape index (κ1) is 9.44. The average Bonchev–Trinajstić information content (AvgIpc) is 2.76. The zero-order valence-electron chi connectivity index (χ0n) is 8.24. The fourth-order valence-electron chi connectivity index (χ4n) is 2.36. The van der Waals surface area contributed by atoms with Gasteiger partial charge < -0.3 is 15.4 Å².